The minimum Gasteiger partial charge on any atom is -0.481 e. The van der Waals surface area contributed by atoms with Gasteiger partial charge in [0.2, 0.25) is 0 Å². The fourth-order valence-electron chi connectivity index (χ4n) is 7.08. The van der Waals surface area contributed by atoms with Gasteiger partial charge in [-0.05, 0) is 116 Å². The first kappa shape index (κ1) is 41.2. The highest BCUT2D eigenvalue weighted by atomic mass is 16.4. The second-order valence-electron chi connectivity index (χ2n) is 14.0. The standard InChI is InChI=1S/C33H36N4O6.C12H12N2/c1-7-20-19(6)32(42)37-27(20)14-25-18(5)23(10-12-31(40)41)29(35-25)15-28-22(9-11-30(38)39)17(4)24(34-28)13-26-16(3)21(8-2)33(43)36-26;13-11-5-1-9(2-6-11)10-3-7-12(14)8-4-10/h7-8,13-14,28,35H,1-2,9-12,15H2,3-6H3,(H,36,43)(H,37,42)(H,38,39)(H,40,41);1-8H,13-14H2. The van der Waals surface area contributed by atoms with Crippen LogP contribution in [-0.2, 0) is 32.0 Å². The van der Waals surface area contributed by atoms with E-state index in [1.165, 1.54) is 6.08 Å². The van der Waals surface area contributed by atoms with E-state index in [-0.39, 0.29) is 31.1 Å². The van der Waals surface area contributed by atoms with Gasteiger partial charge in [-0.1, -0.05) is 49.6 Å². The lowest BCUT2D eigenvalue weighted by Gasteiger charge is -2.14. The highest BCUT2D eigenvalue weighted by molar-refractivity contribution is 6.13. The molecule has 4 heterocycles. The highest BCUT2D eigenvalue weighted by Crippen LogP contribution is 2.34. The van der Waals surface area contributed by atoms with Gasteiger partial charge >= 0.3 is 11.9 Å². The number of nitrogens with zero attached hydrogens (tertiary/aromatic N) is 1. The number of nitrogens with one attached hydrogen (secondary N) is 3. The van der Waals surface area contributed by atoms with Gasteiger partial charge in [-0.3, -0.25) is 24.2 Å². The first-order chi connectivity index (χ1) is 27.1. The minimum atomic E-state index is -0.923. The van der Waals surface area contributed by atoms with Gasteiger partial charge < -0.3 is 37.3 Å². The number of carboxylic acid groups (broad SMARTS) is 2. The van der Waals surface area contributed by atoms with Crippen LogP contribution in [0.3, 0.4) is 0 Å². The topological polar surface area (TPSA) is 213 Å². The number of hydrogen-bond acceptors (Lipinski definition) is 7. The fourth-order valence-corrected chi connectivity index (χ4v) is 7.08. The van der Waals surface area contributed by atoms with Crippen LogP contribution in [0, 0.1) is 6.92 Å². The van der Waals surface area contributed by atoms with E-state index in [0.717, 1.165) is 61.7 Å². The quantitative estimate of drug-likeness (QED) is 0.0907. The van der Waals surface area contributed by atoms with Crippen molar-refractivity contribution in [2.45, 2.75) is 65.8 Å². The largest absolute Gasteiger partial charge is 0.481 e. The lowest BCUT2D eigenvalue weighted by atomic mass is 9.93. The molecule has 12 heteroatoms. The SMILES string of the molecule is C=CC1=C(C)C(=CC2=NC(Cc3[nH]c(C=C4NC(=O)C(C)=C4C=C)c(C)c3CCC(=O)O)C(CCC(=O)O)=C2C)NC1=O.Nc1ccc(-c2ccc(N)cc2)cc1. The molecular weight excluding hydrogens is 721 g/mol. The zero-order valence-corrected chi connectivity index (χ0v) is 32.6. The summed E-state index contributed by atoms with van der Waals surface area (Å²) in [6.45, 7) is 14.9. The van der Waals surface area contributed by atoms with Gasteiger partial charge in [-0.25, -0.2) is 0 Å². The summed E-state index contributed by atoms with van der Waals surface area (Å²) >= 11 is 0. The number of aromatic nitrogens is 1. The van der Waals surface area contributed by atoms with Crippen molar-refractivity contribution >= 4 is 46.9 Å². The molecule has 57 heavy (non-hydrogen) atoms. The maximum atomic E-state index is 12.3. The summed E-state index contributed by atoms with van der Waals surface area (Å²) in [6.07, 6.45) is 7.58. The van der Waals surface area contributed by atoms with Gasteiger partial charge in [0.25, 0.3) is 11.8 Å². The summed E-state index contributed by atoms with van der Waals surface area (Å²) in [7, 11) is 0. The number of H-pyrrole nitrogens is 1. The van der Waals surface area contributed by atoms with Crippen molar-refractivity contribution in [2.75, 3.05) is 11.5 Å². The van der Waals surface area contributed by atoms with Crippen LogP contribution < -0.4 is 22.1 Å². The van der Waals surface area contributed by atoms with E-state index in [1.807, 2.05) is 75.4 Å². The number of rotatable bonds is 13. The molecule has 3 aromatic rings. The van der Waals surface area contributed by atoms with Crippen molar-refractivity contribution in [3.63, 3.8) is 0 Å². The molecule has 12 nitrogen and oxygen atoms in total. The van der Waals surface area contributed by atoms with Crippen molar-refractivity contribution in [1.82, 2.24) is 15.6 Å². The molecule has 0 spiro atoms. The van der Waals surface area contributed by atoms with Crippen LogP contribution >= 0.6 is 0 Å². The molecule has 0 fully saturated rings. The summed E-state index contributed by atoms with van der Waals surface area (Å²) in [6, 6.07) is 15.2. The normalized spacial score (nSPS) is 17.8. The molecule has 1 atom stereocenters. The Morgan fingerprint density at radius 3 is 1.81 bits per heavy atom. The first-order valence-corrected chi connectivity index (χ1v) is 18.5. The van der Waals surface area contributed by atoms with Crippen LogP contribution in [0.4, 0.5) is 11.4 Å². The third-order valence-corrected chi connectivity index (χ3v) is 10.4. The van der Waals surface area contributed by atoms with E-state index in [2.05, 4.69) is 28.8 Å². The molecule has 294 valence electrons. The van der Waals surface area contributed by atoms with Gasteiger partial charge in [0.15, 0.2) is 0 Å². The number of carbonyl (C=O) groups excluding carboxylic acids is 2. The number of amides is 2. The molecule has 3 aliphatic rings. The molecule has 9 N–H and O–H groups in total. The number of allylic oxidation sites excluding steroid dienone is 4. The number of benzene rings is 2. The monoisotopic (exact) mass is 768 g/mol. The van der Waals surface area contributed by atoms with Gasteiger partial charge in [0.05, 0.1) is 17.5 Å². The van der Waals surface area contributed by atoms with Crippen molar-refractivity contribution < 1.29 is 29.4 Å². The summed E-state index contributed by atoms with van der Waals surface area (Å²) < 4.78 is 0. The van der Waals surface area contributed by atoms with Crippen molar-refractivity contribution in [3.05, 3.63) is 147 Å². The third-order valence-electron chi connectivity index (χ3n) is 10.4. The Kier molecular flexibility index (Phi) is 12.8. The number of hydrogen-bond donors (Lipinski definition) is 7. The number of aromatic amines is 1. The summed E-state index contributed by atoms with van der Waals surface area (Å²) in [4.78, 5) is 56.0. The minimum absolute atomic E-state index is 0.0679. The number of nitrogens with two attached hydrogens (primary N) is 2. The molecule has 0 aliphatic carbocycles. The van der Waals surface area contributed by atoms with Gasteiger partial charge in [-0.2, -0.15) is 0 Å². The second-order valence-corrected chi connectivity index (χ2v) is 14.0. The molecule has 0 radical (unpaired) electrons. The van der Waals surface area contributed by atoms with E-state index in [4.69, 9.17) is 16.5 Å². The Bertz CT molecular complexity index is 2310. The van der Waals surface area contributed by atoms with Crippen molar-refractivity contribution in [2.24, 2.45) is 4.99 Å². The molecule has 2 aromatic carbocycles. The van der Waals surface area contributed by atoms with Crippen LogP contribution in [0.1, 0.15) is 62.5 Å². The second kappa shape index (κ2) is 17.7. The number of aliphatic carboxylic acids is 2. The lowest BCUT2D eigenvalue weighted by Crippen LogP contribution is -2.16. The molecule has 0 saturated carbocycles. The van der Waals surface area contributed by atoms with E-state index < -0.39 is 18.0 Å². The number of aliphatic imine (C=N–C) groups is 1. The molecule has 2 amide bonds. The fraction of sp³-hybridized carbons (Fsp3) is 0.222. The first-order valence-electron chi connectivity index (χ1n) is 18.5. The predicted molar refractivity (Wildman–Crippen MR) is 225 cm³/mol. The Morgan fingerprint density at radius 1 is 0.737 bits per heavy atom. The summed E-state index contributed by atoms with van der Waals surface area (Å²) in [5.41, 5.74) is 24.4. The van der Waals surface area contributed by atoms with Crippen LogP contribution in [0.25, 0.3) is 17.2 Å². The number of carbonyl (C=O) groups is 4. The number of anilines is 2. The molecule has 1 unspecified atom stereocenters. The molecular formula is C45H48N6O6. The Morgan fingerprint density at radius 2 is 1.28 bits per heavy atom. The number of carboxylic acids is 2. The van der Waals surface area contributed by atoms with Gasteiger partial charge in [0, 0.05) is 64.4 Å². The number of nitrogen functional groups attached to an aromatic ring is 2. The van der Waals surface area contributed by atoms with Crippen LogP contribution in [-0.4, -0.2) is 50.7 Å². The van der Waals surface area contributed by atoms with E-state index in [1.54, 1.807) is 19.1 Å². The zero-order chi connectivity index (χ0) is 41.6. The van der Waals surface area contributed by atoms with Crippen LogP contribution in [0.2, 0.25) is 0 Å². The van der Waals surface area contributed by atoms with Crippen molar-refractivity contribution in [3.8, 4) is 11.1 Å². The third kappa shape index (κ3) is 9.48. The molecule has 0 saturated heterocycles. The molecule has 6 rings (SSSR count). The maximum absolute atomic E-state index is 12.3. The van der Waals surface area contributed by atoms with E-state index in [9.17, 15) is 29.4 Å². The smallest absolute Gasteiger partial charge is 0.303 e. The molecule has 3 aliphatic heterocycles. The van der Waals surface area contributed by atoms with Crippen LogP contribution in [0.5, 0.6) is 0 Å². The Balaban J connectivity index is 0.000000370. The van der Waals surface area contributed by atoms with E-state index in [0.29, 0.717) is 46.7 Å². The van der Waals surface area contributed by atoms with Crippen molar-refractivity contribution in [1.29, 1.82) is 0 Å². The van der Waals surface area contributed by atoms with Gasteiger partial charge in [-0.15, -0.1) is 0 Å². The molecule has 0 bridgehead atoms. The molecule has 1 aromatic heterocycles. The van der Waals surface area contributed by atoms with Crippen LogP contribution in [0.15, 0.2) is 130 Å². The summed E-state index contributed by atoms with van der Waals surface area (Å²) in [5, 5.41) is 24.6. The van der Waals surface area contributed by atoms with E-state index >= 15 is 0 Å². The predicted octanol–water partition coefficient (Wildman–Crippen LogP) is 6.89. The Hall–Kier alpha value is -6.95. The van der Waals surface area contributed by atoms with Gasteiger partial charge in [0.1, 0.15) is 0 Å². The Labute approximate surface area is 331 Å². The lowest BCUT2D eigenvalue weighted by molar-refractivity contribution is -0.138. The average molecular weight is 769 g/mol. The highest BCUT2D eigenvalue weighted by Gasteiger charge is 2.30. The maximum Gasteiger partial charge on any atom is 0.303 e. The zero-order valence-electron chi connectivity index (χ0n) is 32.6. The summed E-state index contributed by atoms with van der Waals surface area (Å²) in [5.74, 6) is -2.29. The average Bonchev–Trinajstić information content (AvgIpc) is 3.82.